The standard InChI is InChI=1S/C51H51ClN6O10S2/c1-50(2)23-31(53-30-8-5-7-29(22-30)44-42(52)43(67-25-40(60)61)45(69-44)48(64)65)24-51(3,4)58(50)70(66)26-27-11-15-38-35(21-27)54-49(68-38)56-19-17-28(18-20-56)32-12-13-36-41-33(32)9-6-10-34(41)47(63)57(36)37-14-16-39(59)55-46(37)62/h5-13,15,21-22,28,31,37,53H,14,16-20,23-26H2,1-4H3,(H,60,61)(H,64,65)(H,55,59,62). The van der Waals surface area contributed by atoms with Crippen molar-refractivity contribution < 1.29 is 47.5 Å². The van der Waals surface area contributed by atoms with E-state index in [1.165, 1.54) is 0 Å². The van der Waals surface area contributed by atoms with Crippen molar-refractivity contribution in [2.24, 2.45) is 0 Å². The van der Waals surface area contributed by atoms with E-state index in [0.717, 1.165) is 51.8 Å². The summed E-state index contributed by atoms with van der Waals surface area (Å²) in [6.45, 7) is 9.12. The molecule has 10 rings (SSSR count). The van der Waals surface area contributed by atoms with Gasteiger partial charge in [-0.1, -0.05) is 48.0 Å². The first kappa shape index (κ1) is 47.3. The SMILES string of the molecule is CC1(C)CC(Nc2cccc(-c3sc(C(=O)O)c(OCC(=O)O)c3Cl)c2)CC(C)(C)N1S(=O)Cc1ccc2oc(N3CCC(c4ccc5c6c(cccc46)C(=O)N5C4CCC(=O)NC4=O)CC3)nc2c1. The second kappa shape index (κ2) is 18.1. The lowest BCUT2D eigenvalue weighted by atomic mass is 9.79. The molecule has 2 atom stereocenters. The number of piperidine rings is 3. The number of thiophene rings is 1. The normalized spacial score (nSPS) is 20.0. The van der Waals surface area contributed by atoms with Crippen LogP contribution in [0.25, 0.3) is 32.3 Å². The number of imide groups is 1. The number of ether oxygens (including phenoxy) is 1. The number of oxazole rings is 1. The molecule has 0 spiro atoms. The molecule has 0 saturated carbocycles. The van der Waals surface area contributed by atoms with Crippen molar-refractivity contribution in [1.82, 2.24) is 14.6 Å². The number of carboxylic acids is 2. The number of halogens is 1. The van der Waals surface area contributed by atoms with Crippen molar-refractivity contribution in [3.8, 4) is 16.2 Å². The molecule has 6 aromatic rings. The predicted octanol–water partition coefficient (Wildman–Crippen LogP) is 8.97. The molecule has 0 aliphatic carbocycles. The second-order valence-corrected chi connectivity index (χ2v) is 22.4. The second-order valence-electron chi connectivity index (χ2n) is 19.7. The van der Waals surface area contributed by atoms with Crippen LogP contribution >= 0.6 is 22.9 Å². The molecule has 4 aliphatic heterocycles. The number of anilines is 3. The van der Waals surface area contributed by atoms with Crippen molar-refractivity contribution in [2.45, 2.75) is 101 Å². The fraction of sp³-hybridized carbons (Fsp3) is 0.373. The van der Waals surface area contributed by atoms with Gasteiger partial charge in [0, 0.05) is 53.3 Å². The molecule has 70 heavy (non-hydrogen) atoms. The third-order valence-corrected chi connectivity index (χ3v) is 17.5. The first-order valence-electron chi connectivity index (χ1n) is 23.2. The van der Waals surface area contributed by atoms with Crippen LogP contribution in [0.15, 0.2) is 77.2 Å². The minimum absolute atomic E-state index is 0.00190. The number of carbonyl (C=O) groups excluding carboxylic acids is 3. The molecule has 2 aromatic heterocycles. The molecule has 19 heteroatoms. The Hall–Kier alpha value is -6.34. The van der Waals surface area contributed by atoms with E-state index in [-0.39, 0.29) is 52.3 Å². The maximum absolute atomic E-state index is 14.5. The van der Waals surface area contributed by atoms with Gasteiger partial charge in [-0.3, -0.25) is 24.6 Å². The monoisotopic (exact) mass is 1010 g/mol. The molecule has 4 aromatic carbocycles. The van der Waals surface area contributed by atoms with Crippen molar-refractivity contribution in [3.63, 3.8) is 0 Å². The number of nitrogens with zero attached hydrogens (tertiary/aromatic N) is 4. The number of aromatic carboxylic acids is 1. The third-order valence-electron chi connectivity index (χ3n) is 13.9. The van der Waals surface area contributed by atoms with Gasteiger partial charge >= 0.3 is 11.9 Å². The van der Waals surface area contributed by atoms with E-state index in [0.29, 0.717) is 70.5 Å². The maximum atomic E-state index is 14.5. The van der Waals surface area contributed by atoms with Crippen LogP contribution in [0.4, 0.5) is 17.4 Å². The zero-order valence-electron chi connectivity index (χ0n) is 38.9. The van der Waals surface area contributed by atoms with E-state index in [1.807, 2.05) is 60.7 Å². The van der Waals surface area contributed by atoms with Crippen LogP contribution in [0, 0.1) is 0 Å². The number of nitrogens with one attached hydrogen (secondary N) is 2. The van der Waals surface area contributed by atoms with Crippen molar-refractivity contribution in [3.05, 3.63) is 99.4 Å². The molecule has 3 amide bonds. The predicted molar refractivity (Wildman–Crippen MR) is 268 cm³/mol. The fourth-order valence-corrected chi connectivity index (χ4v) is 14.5. The van der Waals surface area contributed by atoms with Crippen LogP contribution in [0.1, 0.15) is 103 Å². The van der Waals surface area contributed by atoms with Crippen molar-refractivity contribution in [2.75, 3.05) is 34.8 Å². The minimum atomic E-state index is -1.40. The number of hydrogen-bond donors (Lipinski definition) is 4. The van der Waals surface area contributed by atoms with Gasteiger partial charge in [0.15, 0.2) is 22.8 Å². The van der Waals surface area contributed by atoms with Crippen molar-refractivity contribution >= 4 is 103 Å². The van der Waals surface area contributed by atoms with Crippen LogP contribution < -0.4 is 25.2 Å². The van der Waals surface area contributed by atoms with E-state index in [2.05, 4.69) is 53.6 Å². The molecular weight excluding hydrogens is 956 g/mol. The van der Waals surface area contributed by atoms with Gasteiger partial charge in [0.25, 0.3) is 11.9 Å². The summed E-state index contributed by atoms with van der Waals surface area (Å²) >= 11 is 7.51. The number of hydrogen-bond acceptors (Lipinski definition) is 12. The van der Waals surface area contributed by atoms with Gasteiger partial charge in [0.05, 0.1) is 27.3 Å². The highest BCUT2D eigenvalue weighted by molar-refractivity contribution is 7.81. The average molecular weight is 1010 g/mol. The number of amides is 3. The highest BCUT2D eigenvalue weighted by Crippen LogP contribution is 2.48. The number of fused-ring (bicyclic) bond motifs is 1. The first-order chi connectivity index (χ1) is 33.4. The highest BCUT2D eigenvalue weighted by atomic mass is 35.5. The lowest BCUT2D eigenvalue weighted by Gasteiger charge is -2.54. The largest absolute Gasteiger partial charge is 0.479 e. The van der Waals surface area contributed by atoms with Gasteiger partial charge < -0.3 is 29.6 Å². The van der Waals surface area contributed by atoms with E-state index in [9.17, 15) is 33.3 Å². The lowest BCUT2D eigenvalue weighted by molar-refractivity contribution is -0.139. The minimum Gasteiger partial charge on any atom is -0.479 e. The Labute approximate surface area is 414 Å². The van der Waals surface area contributed by atoms with Gasteiger partial charge in [-0.25, -0.2) is 18.1 Å². The van der Waals surface area contributed by atoms with Crippen LogP contribution in [0.3, 0.4) is 0 Å². The Kier molecular flexibility index (Phi) is 12.3. The molecule has 0 bridgehead atoms. The summed E-state index contributed by atoms with van der Waals surface area (Å²) in [5, 5.41) is 26.8. The smallest absolute Gasteiger partial charge is 0.349 e. The van der Waals surface area contributed by atoms with E-state index < -0.39 is 52.6 Å². The van der Waals surface area contributed by atoms with Crippen LogP contribution in [0.5, 0.6) is 5.75 Å². The van der Waals surface area contributed by atoms with Crippen LogP contribution in [-0.4, -0.2) is 96.2 Å². The molecule has 0 radical (unpaired) electrons. The summed E-state index contributed by atoms with van der Waals surface area (Å²) in [4.78, 5) is 70.5. The van der Waals surface area contributed by atoms with Crippen LogP contribution in [-0.2, 0) is 31.1 Å². The summed E-state index contributed by atoms with van der Waals surface area (Å²) in [5.41, 5.74) is 5.14. The van der Waals surface area contributed by atoms with E-state index in [1.54, 1.807) is 11.0 Å². The van der Waals surface area contributed by atoms with E-state index in [4.69, 9.17) is 30.8 Å². The van der Waals surface area contributed by atoms with Gasteiger partial charge in [-0.15, -0.1) is 11.3 Å². The molecular formula is C51H51ClN6O10S2. The Bertz CT molecular complexity index is 3160. The maximum Gasteiger partial charge on any atom is 0.349 e. The Balaban J connectivity index is 0.787. The highest BCUT2D eigenvalue weighted by Gasteiger charge is 2.48. The van der Waals surface area contributed by atoms with Gasteiger partial charge in [-0.05, 0) is 124 Å². The summed E-state index contributed by atoms with van der Waals surface area (Å²) in [6, 6.07) is 22.8. The van der Waals surface area contributed by atoms with Gasteiger partial charge in [-0.2, -0.15) is 4.98 Å². The molecule has 16 nitrogen and oxygen atoms in total. The van der Waals surface area contributed by atoms with Gasteiger partial charge in [0.2, 0.25) is 11.8 Å². The van der Waals surface area contributed by atoms with E-state index >= 15 is 0 Å². The number of carboxylic acid groups (broad SMARTS) is 2. The summed E-state index contributed by atoms with van der Waals surface area (Å²) in [7, 11) is -1.40. The molecule has 4 N–H and O–H groups in total. The fourth-order valence-electron chi connectivity index (χ4n) is 11.3. The molecule has 3 fully saturated rings. The Morgan fingerprint density at radius 2 is 1.71 bits per heavy atom. The zero-order valence-corrected chi connectivity index (χ0v) is 41.3. The summed E-state index contributed by atoms with van der Waals surface area (Å²) < 4.78 is 28.2. The molecule has 6 heterocycles. The molecule has 4 aliphatic rings. The van der Waals surface area contributed by atoms with Gasteiger partial charge in [0.1, 0.15) is 16.6 Å². The number of benzene rings is 4. The third kappa shape index (κ3) is 8.68. The quantitative estimate of drug-likeness (QED) is 0.0797. The average Bonchev–Trinajstić information content (AvgIpc) is 3.97. The summed E-state index contributed by atoms with van der Waals surface area (Å²) in [5.74, 6) is -3.16. The van der Waals surface area contributed by atoms with Crippen molar-refractivity contribution in [1.29, 1.82) is 0 Å². The number of carbonyl (C=O) groups is 5. The Morgan fingerprint density at radius 1 is 0.971 bits per heavy atom. The Morgan fingerprint density at radius 3 is 2.43 bits per heavy atom. The first-order valence-corrected chi connectivity index (χ1v) is 25.7. The summed E-state index contributed by atoms with van der Waals surface area (Å²) in [6.07, 6.45) is 3.50. The number of aromatic nitrogens is 1. The number of aliphatic carboxylic acids is 1. The molecule has 2 unspecified atom stereocenters. The zero-order chi connectivity index (χ0) is 49.4. The molecule has 3 saturated heterocycles. The lowest BCUT2D eigenvalue weighted by Crippen LogP contribution is -2.63. The number of rotatable bonds is 13. The van der Waals surface area contributed by atoms with Crippen LogP contribution in [0.2, 0.25) is 5.02 Å². The molecule has 364 valence electrons. The topological polar surface area (TPSA) is 212 Å².